The fourth-order valence-electron chi connectivity index (χ4n) is 1.72. The van der Waals surface area contributed by atoms with Crippen molar-refractivity contribution in [2.45, 2.75) is 6.18 Å². The molecule has 0 fully saturated rings. The summed E-state index contributed by atoms with van der Waals surface area (Å²) in [6.45, 7) is 0. The van der Waals surface area contributed by atoms with Crippen LogP contribution in [0.1, 0.15) is 5.56 Å². The van der Waals surface area contributed by atoms with E-state index in [2.05, 4.69) is 15.0 Å². The van der Waals surface area contributed by atoms with Gasteiger partial charge in [-0.3, -0.25) is 0 Å². The summed E-state index contributed by atoms with van der Waals surface area (Å²) in [6.07, 6.45) is -1.49. The number of thiazole rings is 1. The predicted molar refractivity (Wildman–Crippen MR) is 70.1 cm³/mol. The molecule has 3 rings (SSSR count). The smallest absolute Gasteiger partial charge is 0.382 e. The molecule has 0 saturated heterocycles. The Balaban J connectivity index is 2.14. The summed E-state index contributed by atoms with van der Waals surface area (Å²) in [5.74, 6) is 0.197. The van der Waals surface area contributed by atoms with Crippen molar-refractivity contribution in [1.82, 2.24) is 15.0 Å². The minimum atomic E-state index is -4.39. The highest BCUT2D eigenvalue weighted by atomic mass is 32.1. The summed E-state index contributed by atoms with van der Waals surface area (Å²) >= 11 is 1.22. The molecular weight excluding hydrogens is 289 g/mol. The van der Waals surface area contributed by atoms with Gasteiger partial charge in [0.2, 0.25) is 0 Å². The number of aromatic nitrogens is 3. The van der Waals surface area contributed by atoms with Crippen molar-refractivity contribution in [2.24, 2.45) is 0 Å². The first-order valence-electron chi connectivity index (χ1n) is 5.50. The molecule has 8 heteroatoms. The highest BCUT2D eigenvalue weighted by Gasteiger charge is 2.30. The minimum absolute atomic E-state index is 0.197. The lowest BCUT2D eigenvalue weighted by Crippen LogP contribution is -2.03. The monoisotopic (exact) mass is 296 g/mol. The van der Waals surface area contributed by atoms with E-state index in [1.165, 1.54) is 29.8 Å². The van der Waals surface area contributed by atoms with E-state index in [0.717, 1.165) is 12.1 Å². The molecule has 3 aromatic rings. The number of nitrogens with zero attached hydrogens (tertiary/aromatic N) is 3. The molecule has 0 saturated carbocycles. The van der Waals surface area contributed by atoms with Crippen molar-refractivity contribution in [3.8, 4) is 10.7 Å². The minimum Gasteiger partial charge on any atom is -0.382 e. The van der Waals surface area contributed by atoms with Crippen LogP contribution in [0.5, 0.6) is 0 Å². The zero-order valence-electron chi connectivity index (χ0n) is 9.85. The van der Waals surface area contributed by atoms with Crippen LogP contribution >= 0.6 is 11.3 Å². The third kappa shape index (κ3) is 2.18. The average molecular weight is 296 g/mol. The first-order valence-corrected chi connectivity index (χ1v) is 6.31. The summed E-state index contributed by atoms with van der Waals surface area (Å²) in [4.78, 5) is 12.1. The summed E-state index contributed by atoms with van der Waals surface area (Å²) in [5.41, 5.74) is 5.60. The number of hydrogen-bond donors (Lipinski definition) is 1. The van der Waals surface area contributed by atoms with Crippen molar-refractivity contribution in [3.63, 3.8) is 0 Å². The first kappa shape index (κ1) is 12.8. The van der Waals surface area contributed by atoms with Gasteiger partial charge < -0.3 is 5.73 Å². The molecule has 1 aromatic carbocycles. The van der Waals surface area contributed by atoms with Gasteiger partial charge in [0.15, 0.2) is 5.82 Å². The van der Waals surface area contributed by atoms with Crippen LogP contribution in [0.4, 0.5) is 19.0 Å². The molecule has 4 nitrogen and oxygen atoms in total. The molecular formula is C12H7F3N4S. The van der Waals surface area contributed by atoms with E-state index in [-0.39, 0.29) is 11.3 Å². The van der Waals surface area contributed by atoms with Gasteiger partial charge >= 0.3 is 6.18 Å². The second-order valence-electron chi connectivity index (χ2n) is 3.99. The van der Waals surface area contributed by atoms with Crippen molar-refractivity contribution >= 4 is 27.4 Å². The molecule has 0 aliphatic rings. The molecule has 0 bridgehead atoms. The van der Waals surface area contributed by atoms with Crippen molar-refractivity contribution in [3.05, 3.63) is 36.2 Å². The Morgan fingerprint density at radius 1 is 1.10 bits per heavy atom. The van der Waals surface area contributed by atoms with Crippen LogP contribution in [0.3, 0.4) is 0 Å². The number of nitrogen functional groups attached to an aromatic ring is 1. The zero-order chi connectivity index (χ0) is 14.3. The maximum atomic E-state index is 12.6. The molecule has 2 N–H and O–H groups in total. The van der Waals surface area contributed by atoms with Gasteiger partial charge in [-0.1, -0.05) is 0 Å². The fraction of sp³-hybridized carbons (Fsp3) is 0.0833. The lowest BCUT2D eigenvalue weighted by molar-refractivity contribution is -0.137. The molecule has 0 unspecified atom stereocenters. The molecule has 0 atom stereocenters. The van der Waals surface area contributed by atoms with Crippen molar-refractivity contribution in [1.29, 1.82) is 0 Å². The van der Waals surface area contributed by atoms with Gasteiger partial charge in [-0.25, -0.2) is 15.0 Å². The number of rotatable bonds is 1. The lowest BCUT2D eigenvalue weighted by Gasteiger charge is -2.04. The zero-order valence-corrected chi connectivity index (χ0v) is 10.7. The number of hydrogen-bond acceptors (Lipinski definition) is 5. The van der Waals surface area contributed by atoms with E-state index in [9.17, 15) is 13.2 Å². The number of nitrogens with two attached hydrogens (primary N) is 1. The first-order chi connectivity index (χ1) is 9.45. The Bertz CT molecular complexity index is 782. The Hall–Kier alpha value is -2.22. The molecule has 0 amide bonds. The Morgan fingerprint density at radius 2 is 1.85 bits per heavy atom. The maximum Gasteiger partial charge on any atom is 0.416 e. The van der Waals surface area contributed by atoms with Crippen LogP contribution in [0, 0.1) is 0 Å². The van der Waals surface area contributed by atoms with Gasteiger partial charge in [0.05, 0.1) is 15.8 Å². The van der Waals surface area contributed by atoms with Crippen LogP contribution in [0.15, 0.2) is 30.6 Å². The second kappa shape index (κ2) is 4.41. The van der Waals surface area contributed by atoms with Gasteiger partial charge in [-0.05, 0) is 18.2 Å². The Labute approximate surface area is 115 Å². The number of benzene rings is 1. The summed E-state index contributed by atoms with van der Waals surface area (Å²) in [5, 5.41) is 0.449. The normalized spacial score (nSPS) is 11.9. The Morgan fingerprint density at radius 3 is 2.55 bits per heavy atom. The molecule has 0 spiro atoms. The second-order valence-corrected chi connectivity index (χ2v) is 5.02. The van der Waals surface area contributed by atoms with Gasteiger partial charge in [0.1, 0.15) is 10.7 Å². The van der Waals surface area contributed by atoms with Crippen LogP contribution in [0.25, 0.3) is 20.9 Å². The number of fused-ring (bicyclic) bond motifs is 1. The topological polar surface area (TPSA) is 64.7 Å². The SMILES string of the molecule is Nc1nccnc1-c1nc2cc(C(F)(F)F)ccc2s1. The van der Waals surface area contributed by atoms with Crippen molar-refractivity contribution in [2.75, 3.05) is 5.73 Å². The number of anilines is 1. The number of halogens is 3. The molecule has 102 valence electrons. The summed E-state index contributed by atoms with van der Waals surface area (Å²) in [6, 6.07) is 3.44. The predicted octanol–water partition coefficient (Wildman–Crippen LogP) is 3.35. The van der Waals surface area contributed by atoms with Crippen LogP contribution in [0.2, 0.25) is 0 Å². The molecule has 2 heterocycles. The lowest BCUT2D eigenvalue weighted by atomic mass is 10.2. The summed E-state index contributed by atoms with van der Waals surface area (Å²) < 4.78 is 38.6. The quantitative estimate of drug-likeness (QED) is 0.748. The largest absolute Gasteiger partial charge is 0.416 e. The standard InChI is InChI=1S/C12H7F3N4S/c13-12(14,15)6-1-2-8-7(5-6)19-11(20-8)9-10(16)18-4-3-17-9/h1-5H,(H2,16,18). The van der Waals surface area contributed by atoms with E-state index in [4.69, 9.17) is 5.73 Å². The maximum absolute atomic E-state index is 12.6. The average Bonchev–Trinajstić information content (AvgIpc) is 2.80. The third-order valence-electron chi connectivity index (χ3n) is 2.64. The van der Waals surface area contributed by atoms with Crippen LogP contribution < -0.4 is 5.73 Å². The van der Waals surface area contributed by atoms with E-state index < -0.39 is 11.7 Å². The van der Waals surface area contributed by atoms with Gasteiger partial charge in [-0.2, -0.15) is 13.2 Å². The van der Waals surface area contributed by atoms with Crippen LogP contribution in [-0.4, -0.2) is 15.0 Å². The van der Waals surface area contributed by atoms with E-state index in [0.29, 0.717) is 15.4 Å². The third-order valence-corrected chi connectivity index (χ3v) is 3.69. The highest BCUT2D eigenvalue weighted by Crippen LogP contribution is 2.35. The molecule has 0 aliphatic carbocycles. The van der Waals surface area contributed by atoms with E-state index >= 15 is 0 Å². The van der Waals surface area contributed by atoms with Gasteiger partial charge in [-0.15, -0.1) is 11.3 Å². The highest BCUT2D eigenvalue weighted by molar-refractivity contribution is 7.21. The fourth-order valence-corrected chi connectivity index (χ4v) is 2.67. The number of alkyl halides is 3. The van der Waals surface area contributed by atoms with Gasteiger partial charge in [0, 0.05) is 12.4 Å². The molecule has 2 aromatic heterocycles. The van der Waals surface area contributed by atoms with E-state index in [1.54, 1.807) is 0 Å². The van der Waals surface area contributed by atoms with Crippen LogP contribution in [-0.2, 0) is 6.18 Å². The molecule has 20 heavy (non-hydrogen) atoms. The summed E-state index contributed by atoms with van der Waals surface area (Å²) in [7, 11) is 0. The van der Waals surface area contributed by atoms with E-state index in [1.807, 2.05) is 0 Å². The van der Waals surface area contributed by atoms with Crippen molar-refractivity contribution < 1.29 is 13.2 Å². The Kier molecular flexibility index (Phi) is 2.82. The van der Waals surface area contributed by atoms with Gasteiger partial charge in [0.25, 0.3) is 0 Å². The molecule has 0 aliphatic heterocycles. The molecule has 0 radical (unpaired) electrons.